The summed E-state index contributed by atoms with van der Waals surface area (Å²) >= 11 is 0. The fourth-order valence-corrected chi connectivity index (χ4v) is 9.86. The van der Waals surface area contributed by atoms with E-state index < -0.39 is 5.41 Å². The Morgan fingerprint density at radius 1 is 0.349 bits per heavy atom. The number of aromatic nitrogens is 4. The number of pyridine rings is 4. The maximum absolute atomic E-state index is 6.01. The Morgan fingerprint density at radius 2 is 0.762 bits per heavy atom. The molecule has 63 heavy (non-hydrogen) atoms. The number of benzene rings is 6. The highest BCUT2D eigenvalue weighted by Gasteiger charge is 2.46. The monoisotopic (exact) mass is 806 g/mol. The highest BCUT2D eigenvalue weighted by Crippen LogP contribution is 2.58. The van der Waals surface area contributed by atoms with Crippen LogP contribution in [0.1, 0.15) is 22.3 Å². The molecular formula is C57H34N4O2. The number of hydrogen-bond donors (Lipinski definition) is 0. The zero-order valence-electron chi connectivity index (χ0n) is 33.7. The van der Waals surface area contributed by atoms with Crippen molar-refractivity contribution in [3.63, 3.8) is 0 Å². The van der Waals surface area contributed by atoms with Crippen molar-refractivity contribution in [1.82, 2.24) is 19.9 Å². The Hall–Kier alpha value is -8.48. The van der Waals surface area contributed by atoms with Crippen molar-refractivity contribution >= 4 is 43.6 Å². The molecule has 0 fully saturated rings. The molecule has 0 amide bonds. The van der Waals surface area contributed by atoms with Crippen LogP contribution in [-0.2, 0) is 5.41 Å². The van der Waals surface area contributed by atoms with Crippen molar-refractivity contribution in [3.05, 3.63) is 229 Å². The summed E-state index contributed by atoms with van der Waals surface area (Å²) < 4.78 is 12.0. The van der Waals surface area contributed by atoms with E-state index in [4.69, 9.17) is 28.8 Å². The van der Waals surface area contributed by atoms with Crippen LogP contribution in [0, 0.1) is 0 Å². The van der Waals surface area contributed by atoms with E-state index in [1.807, 2.05) is 48.8 Å². The Bertz CT molecular complexity index is 3480. The third-order valence-corrected chi connectivity index (χ3v) is 12.8. The normalized spacial score (nSPS) is 12.9. The molecule has 0 bridgehead atoms. The molecule has 0 atom stereocenters. The van der Waals surface area contributed by atoms with Gasteiger partial charge in [-0.15, -0.1) is 0 Å². The first kappa shape index (κ1) is 35.3. The van der Waals surface area contributed by atoms with Crippen molar-refractivity contribution in [2.24, 2.45) is 0 Å². The molecule has 12 aromatic rings. The Labute approximate surface area is 361 Å². The van der Waals surface area contributed by atoms with Crippen LogP contribution in [0.25, 0.3) is 99.9 Å². The molecule has 0 radical (unpaired) electrons. The Kier molecular flexibility index (Phi) is 7.72. The summed E-state index contributed by atoms with van der Waals surface area (Å²) in [5.74, 6) is 1.64. The largest absolute Gasteiger partial charge is 0.464 e. The van der Waals surface area contributed by atoms with Gasteiger partial charge < -0.3 is 8.83 Å². The summed E-state index contributed by atoms with van der Waals surface area (Å²) in [5.41, 5.74) is 15.7. The molecule has 6 heterocycles. The van der Waals surface area contributed by atoms with Crippen LogP contribution in [0.15, 0.2) is 216 Å². The molecule has 0 N–H and O–H groups in total. The average molecular weight is 807 g/mol. The highest BCUT2D eigenvalue weighted by atomic mass is 16.3. The molecule has 0 spiro atoms. The lowest BCUT2D eigenvalue weighted by Gasteiger charge is -2.34. The predicted octanol–water partition coefficient (Wildman–Crippen LogP) is 14.1. The summed E-state index contributed by atoms with van der Waals surface area (Å²) in [4.78, 5) is 19.8. The lowest BCUT2D eigenvalue weighted by molar-refractivity contribution is 0.582. The van der Waals surface area contributed by atoms with Gasteiger partial charge in [-0.05, 0) is 94.0 Å². The number of nitrogens with zero attached hydrogens (tertiary/aromatic N) is 4. The van der Waals surface area contributed by atoms with E-state index in [-0.39, 0.29) is 0 Å². The Balaban J connectivity index is 1.03. The highest BCUT2D eigenvalue weighted by molar-refractivity contribution is 6.04. The zero-order valence-corrected chi connectivity index (χ0v) is 33.7. The standard InChI is InChI=1S/C57H34N4O2/c1-5-37-9-11-39-19-27-49(60-55(39)53(37)58-29-1)35-13-21-43(22-14-35)57(44-23-15-36(16-24-44)50-28-20-40-12-10-38-6-2-30-59-54(38)56(40)61-50)47-33-41(51-7-3-31-62-51)17-25-45(47)46-26-18-42(34-48(46)57)52-8-4-32-63-52/h1-34H. The summed E-state index contributed by atoms with van der Waals surface area (Å²) in [6, 6.07) is 64.4. The summed E-state index contributed by atoms with van der Waals surface area (Å²) in [6.07, 6.45) is 7.13. The van der Waals surface area contributed by atoms with Gasteiger partial charge in [-0.25, -0.2) is 9.97 Å². The van der Waals surface area contributed by atoms with Gasteiger partial charge >= 0.3 is 0 Å². The van der Waals surface area contributed by atoms with Gasteiger partial charge in [-0.3, -0.25) is 9.97 Å². The van der Waals surface area contributed by atoms with Crippen LogP contribution in [-0.4, -0.2) is 19.9 Å². The zero-order chi connectivity index (χ0) is 41.5. The van der Waals surface area contributed by atoms with Gasteiger partial charge in [0.2, 0.25) is 0 Å². The maximum atomic E-state index is 6.01. The van der Waals surface area contributed by atoms with Crippen LogP contribution in [0.4, 0.5) is 0 Å². The van der Waals surface area contributed by atoms with Gasteiger partial charge in [0.05, 0.1) is 51.4 Å². The number of rotatable bonds is 6. The molecule has 6 aromatic heterocycles. The first-order chi connectivity index (χ1) is 31.2. The van der Waals surface area contributed by atoms with E-state index in [0.717, 1.165) is 99.9 Å². The Morgan fingerprint density at radius 3 is 1.19 bits per heavy atom. The minimum absolute atomic E-state index is 0.735. The molecule has 13 rings (SSSR count). The smallest absolute Gasteiger partial charge is 0.133 e. The topological polar surface area (TPSA) is 77.8 Å². The van der Waals surface area contributed by atoms with Crippen molar-refractivity contribution in [1.29, 1.82) is 0 Å². The van der Waals surface area contributed by atoms with Crippen molar-refractivity contribution in [2.75, 3.05) is 0 Å². The predicted molar refractivity (Wildman–Crippen MR) is 251 cm³/mol. The van der Waals surface area contributed by atoms with E-state index >= 15 is 0 Å². The van der Waals surface area contributed by atoms with E-state index in [0.29, 0.717) is 0 Å². The fourth-order valence-electron chi connectivity index (χ4n) is 9.86. The van der Waals surface area contributed by atoms with Crippen molar-refractivity contribution in [3.8, 4) is 56.3 Å². The molecule has 0 saturated heterocycles. The van der Waals surface area contributed by atoms with Crippen LogP contribution in [0.2, 0.25) is 0 Å². The lowest BCUT2D eigenvalue weighted by atomic mass is 9.67. The minimum atomic E-state index is -0.735. The van der Waals surface area contributed by atoms with E-state index in [1.54, 1.807) is 12.5 Å². The molecule has 0 aliphatic heterocycles. The van der Waals surface area contributed by atoms with Crippen molar-refractivity contribution < 1.29 is 8.83 Å². The molecule has 1 aliphatic carbocycles. The lowest BCUT2D eigenvalue weighted by Crippen LogP contribution is -2.28. The van der Waals surface area contributed by atoms with Crippen LogP contribution >= 0.6 is 0 Å². The third-order valence-electron chi connectivity index (χ3n) is 12.8. The minimum Gasteiger partial charge on any atom is -0.464 e. The van der Waals surface area contributed by atoms with Gasteiger partial charge in [0, 0.05) is 56.2 Å². The first-order valence-electron chi connectivity index (χ1n) is 21.1. The van der Waals surface area contributed by atoms with Gasteiger partial charge in [0.15, 0.2) is 0 Å². The van der Waals surface area contributed by atoms with E-state index in [1.165, 1.54) is 22.3 Å². The van der Waals surface area contributed by atoms with Crippen LogP contribution < -0.4 is 0 Å². The average Bonchev–Trinajstić information content (AvgIpc) is 4.15. The molecule has 6 aromatic carbocycles. The molecular weight excluding hydrogens is 773 g/mol. The summed E-state index contributed by atoms with van der Waals surface area (Å²) in [5, 5.41) is 4.26. The number of fused-ring (bicyclic) bond motifs is 9. The summed E-state index contributed by atoms with van der Waals surface area (Å²) in [6.45, 7) is 0. The molecule has 1 aliphatic rings. The first-order valence-corrected chi connectivity index (χ1v) is 21.1. The van der Waals surface area contributed by atoms with Gasteiger partial charge in [0.25, 0.3) is 0 Å². The van der Waals surface area contributed by atoms with E-state index in [9.17, 15) is 0 Å². The maximum Gasteiger partial charge on any atom is 0.133 e. The van der Waals surface area contributed by atoms with Gasteiger partial charge in [-0.2, -0.15) is 0 Å². The number of hydrogen-bond acceptors (Lipinski definition) is 6. The molecule has 6 heteroatoms. The second kappa shape index (κ2) is 13.8. The van der Waals surface area contributed by atoms with Crippen LogP contribution in [0.3, 0.4) is 0 Å². The molecule has 6 nitrogen and oxygen atoms in total. The van der Waals surface area contributed by atoms with Gasteiger partial charge in [0.1, 0.15) is 11.5 Å². The second-order valence-electron chi connectivity index (χ2n) is 16.2. The molecule has 0 unspecified atom stereocenters. The second-order valence-corrected chi connectivity index (χ2v) is 16.2. The van der Waals surface area contributed by atoms with Gasteiger partial charge in [-0.1, -0.05) is 121 Å². The van der Waals surface area contributed by atoms with E-state index in [2.05, 4.69) is 146 Å². The quantitative estimate of drug-likeness (QED) is 0.156. The van der Waals surface area contributed by atoms with Crippen LogP contribution in [0.5, 0.6) is 0 Å². The molecule has 0 saturated carbocycles. The fraction of sp³-hybridized carbons (Fsp3) is 0.0175. The third kappa shape index (κ3) is 5.45. The molecule has 294 valence electrons. The SMILES string of the molecule is c1coc(-c2ccc3c(c2)C(c2ccc(-c4ccc5ccc6cccnc6c5n4)cc2)(c2ccc(-c4ccc5ccc6cccnc6c5n4)cc2)c2cc(-c4ccco4)ccc2-3)c1. The summed E-state index contributed by atoms with van der Waals surface area (Å²) in [7, 11) is 0. The number of furan rings is 2. The van der Waals surface area contributed by atoms with Crippen molar-refractivity contribution in [2.45, 2.75) is 5.41 Å².